The van der Waals surface area contributed by atoms with Gasteiger partial charge in [0, 0.05) is 6.20 Å². The van der Waals surface area contributed by atoms with Gasteiger partial charge in [-0.2, -0.15) is 0 Å². The van der Waals surface area contributed by atoms with Gasteiger partial charge in [-0.1, -0.05) is 27.5 Å². The van der Waals surface area contributed by atoms with E-state index < -0.39 is 10.0 Å². The highest BCUT2D eigenvalue weighted by Crippen LogP contribution is 2.20. The molecule has 0 amide bonds. The number of hydrogen-bond acceptors (Lipinski definition) is 3. The Labute approximate surface area is 89.5 Å². The van der Waals surface area contributed by atoms with Crippen molar-refractivity contribution in [2.45, 2.75) is 0 Å². The van der Waals surface area contributed by atoms with E-state index in [1.165, 1.54) is 18.5 Å². The zero-order chi connectivity index (χ0) is 9.90. The molecule has 7 heteroatoms. The van der Waals surface area contributed by atoms with Gasteiger partial charge in [-0.3, -0.25) is 9.71 Å². The van der Waals surface area contributed by atoms with Crippen LogP contribution in [-0.2, 0) is 10.0 Å². The molecule has 1 aromatic rings. The smallest absolute Gasteiger partial charge is 0.242 e. The van der Waals surface area contributed by atoms with Crippen molar-refractivity contribution >= 4 is 43.2 Å². The highest BCUT2D eigenvalue weighted by molar-refractivity contribution is 9.10. The lowest BCUT2D eigenvalue weighted by atomic mass is 10.4. The predicted octanol–water partition coefficient (Wildman–Crippen LogP) is 1.83. The van der Waals surface area contributed by atoms with Crippen LogP contribution in [0.5, 0.6) is 0 Å². The van der Waals surface area contributed by atoms with E-state index in [4.69, 9.17) is 11.6 Å². The number of sulfonamides is 1. The van der Waals surface area contributed by atoms with Crippen LogP contribution < -0.4 is 4.72 Å². The van der Waals surface area contributed by atoms with Gasteiger partial charge in [0.25, 0.3) is 0 Å². The quantitative estimate of drug-likeness (QED) is 0.862. The molecule has 0 saturated heterocycles. The number of hydrogen-bond donors (Lipinski definition) is 1. The van der Waals surface area contributed by atoms with E-state index >= 15 is 0 Å². The van der Waals surface area contributed by atoms with Crippen LogP contribution in [0.15, 0.2) is 18.5 Å². The van der Waals surface area contributed by atoms with Gasteiger partial charge in [0.05, 0.1) is 16.9 Å². The van der Waals surface area contributed by atoms with Crippen molar-refractivity contribution in [3.63, 3.8) is 0 Å². The molecule has 0 bridgehead atoms. The Hall–Kier alpha value is -0.330. The van der Waals surface area contributed by atoms with Crippen molar-refractivity contribution in [1.82, 2.24) is 4.98 Å². The Balaban J connectivity index is 2.93. The number of anilines is 1. The molecular formula is C6H6BrClN2O2S. The fourth-order valence-corrected chi connectivity index (χ4v) is 1.75. The van der Waals surface area contributed by atoms with Crippen molar-refractivity contribution in [1.29, 1.82) is 0 Å². The standard InChI is InChI=1S/C6H6BrClN2O2S/c7-4-13(11,12)10-6-3-9-2-1-5(6)8/h1-3,10H,4H2. The van der Waals surface area contributed by atoms with E-state index in [2.05, 4.69) is 25.6 Å². The fraction of sp³-hybridized carbons (Fsp3) is 0.167. The van der Waals surface area contributed by atoms with Gasteiger partial charge in [-0.15, -0.1) is 0 Å². The summed E-state index contributed by atoms with van der Waals surface area (Å²) in [4.78, 5) is 3.74. The molecule has 0 aliphatic heterocycles. The Morgan fingerprint density at radius 1 is 1.62 bits per heavy atom. The van der Waals surface area contributed by atoms with Gasteiger partial charge in [0.1, 0.15) is 4.66 Å². The summed E-state index contributed by atoms with van der Waals surface area (Å²) in [6, 6.07) is 1.51. The molecule has 0 aliphatic rings. The zero-order valence-electron chi connectivity index (χ0n) is 6.37. The molecule has 1 heterocycles. The molecule has 0 spiro atoms. The van der Waals surface area contributed by atoms with Crippen molar-refractivity contribution < 1.29 is 8.42 Å². The summed E-state index contributed by atoms with van der Waals surface area (Å²) in [6.07, 6.45) is 2.83. The largest absolute Gasteiger partial charge is 0.280 e. The average molecular weight is 286 g/mol. The minimum Gasteiger partial charge on any atom is -0.280 e. The van der Waals surface area contributed by atoms with Crippen LogP contribution in [0, 0.1) is 0 Å². The molecular weight excluding hydrogens is 280 g/mol. The summed E-state index contributed by atoms with van der Waals surface area (Å²) in [5.41, 5.74) is 0.281. The van der Waals surface area contributed by atoms with Crippen LogP contribution >= 0.6 is 27.5 Å². The average Bonchev–Trinajstić information content (AvgIpc) is 2.09. The van der Waals surface area contributed by atoms with Crippen molar-refractivity contribution in [3.8, 4) is 0 Å². The molecule has 0 aromatic carbocycles. The third-order valence-electron chi connectivity index (χ3n) is 1.18. The molecule has 0 fully saturated rings. The summed E-state index contributed by atoms with van der Waals surface area (Å²) < 4.78 is 24.2. The second-order valence-electron chi connectivity index (χ2n) is 2.18. The maximum Gasteiger partial charge on any atom is 0.242 e. The highest BCUT2D eigenvalue weighted by Gasteiger charge is 2.09. The molecule has 4 nitrogen and oxygen atoms in total. The van der Waals surface area contributed by atoms with Crippen molar-refractivity contribution in [2.75, 3.05) is 9.38 Å². The molecule has 13 heavy (non-hydrogen) atoms. The first-order chi connectivity index (χ1) is 6.05. The first kappa shape index (κ1) is 10.7. The van der Waals surface area contributed by atoms with Gasteiger partial charge in [0.2, 0.25) is 10.0 Å². The normalized spacial score (nSPS) is 11.2. The van der Waals surface area contributed by atoms with Crippen LogP contribution in [0.3, 0.4) is 0 Å². The van der Waals surface area contributed by atoms with Gasteiger partial charge < -0.3 is 0 Å². The Kier molecular flexibility index (Phi) is 3.52. The second-order valence-corrected chi connectivity index (χ2v) is 5.61. The molecule has 72 valence electrons. The maximum absolute atomic E-state index is 11.1. The summed E-state index contributed by atoms with van der Waals surface area (Å²) in [5, 5.41) is 0.319. The van der Waals surface area contributed by atoms with E-state index in [1.807, 2.05) is 0 Å². The van der Waals surface area contributed by atoms with Gasteiger partial charge in [-0.05, 0) is 6.07 Å². The first-order valence-corrected chi connectivity index (χ1v) is 6.36. The zero-order valence-corrected chi connectivity index (χ0v) is 9.53. The topological polar surface area (TPSA) is 59.1 Å². The molecule has 1 rings (SSSR count). The maximum atomic E-state index is 11.1. The van der Waals surface area contributed by atoms with Gasteiger partial charge >= 0.3 is 0 Å². The number of nitrogens with one attached hydrogen (secondary N) is 1. The summed E-state index contributed by atoms with van der Waals surface area (Å²) in [6.45, 7) is 0. The van der Waals surface area contributed by atoms with Crippen LogP contribution in [-0.4, -0.2) is 18.1 Å². The Bertz CT molecular complexity index is 395. The number of halogens is 2. The summed E-state index contributed by atoms with van der Waals surface area (Å²) in [7, 11) is -3.35. The molecule has 0 radical (unpaired) electrons. The number of nitrogens with zero attached hydrogens (tertiary/aromatic N) is 1. The first-order valence-electron chi connectivity index (χ1n) is 3.21. The fourth-order valence-electron chi connectivity index (χ4n) is 0.647. The van der Waals surface area contributed by atoms with Crippen LogP contribution in [0.25, 0.3) is 0 Å². The number of aromatic nitrogens is 1. The van der Waals surface area contributed by atoms with Crippen LogP contribution in [0.1, 0.15) is 0 Å². The van der Waals surface area contributed by atoms with E-state index in [0.29, 0.717) is 5.02 Å². The van der Waals surface area contributed by atoms with E-state index in [-0.39, 0.29) is 10.3 Å². The lowest BCUT2D eigenvalue weighted by Gasteiger charge is -2.05. The van der Waals surface area contributed by atoms with Gasteiger partial charge in [-0.25, -0.2) is 8.42 Å². The van der Waals surface area contributed by atoms with Crippen molar-refractivity contribution in [3.05, 3.63) is 23.5 Å². The summed E-state index contributed by atoms with van der Waals surface area (Å²) >= 11 is 8.54. The minimum absolute atomic E-state index is 0.175. The molecule has 0 saturated carbocycles. The van der Waals surface area contributed by atoms with Crippen molar-refractivity contribution in [2.24, 2.45) is 0 Å². The second kappa shape index (κ2) is 4.26. The monoisotopic (exact) mass is 284 g/mol. The molecule has 1 aromatic heterocycles. The third-order valence-corrected chi connectivity index (χ3v) is 4.13. The van der Waals surface area contributed by atoms with E-state index in [0.717, 1.165) is 0 Å². The Morgan fingerprint density at radius 3 is 2.85 bits per heavy atom. The van der Waals surface area contributed by atoms with E-state index in [9.17, 15) is 8.42 Å². The number of alkyl halides is 1. The lowest BCUT2D eigenvalue weighted by molar-refractivity contribution is 0.606. The highest BCUT2D eigenvalue weighted by atomic mass is 79.9. The lowest BCUT2D eigenvalue weighted by Crippen LogP contribution is -2.13. The summed E-state index contributed by atoms with van der Waals surface area (Å²) in [5.74, 6) is 0. The van der Waals surface area contributed by atoms with Gasteiger partial charge in [0.15, 0.2) is 0 Å². The molecule has 0 unspecified atom stereocenters. The molecule has 1 N–H and O–H groups in total. The third kappa shape index (κ3) is 3.13. The number of rotatable bonds is 3. The van der Waals surface area contributed by atoms with Crippen LogP contribution in [0.4, 0.5) is 5.69 Å². The minimum atomic E-state index is -3.35. The number of pyridine rings is 1. The predicted molar refractivity (Wildman–Crippen MR) is 55.6 cm³/mol. The van der Waals surface area contributed by atoms with Crippen LogP contribution in [0.2, 0.25) is 5.02 Å². The molecule has 0 atom stereocenters. The SMILES string of the molecule is O=S(=O)(CBr)Nc1cnccc1Cl. The Morgan fingerprint density at radius 2 is 2.31 bits per heavy atom. The van der Waals surface area contributed by atoms with E-state index in [1.54, 1.807) is 0 Å². The molecule has 0 aliphatic carbocycles.